The molecule has 2 aliphatic rings. The number of rotatable bonds is 4. The number of primary amides is 1. The molecule has 4 atom stereocenters. The van der Waals surface area contributed by atoms with E-state index in [-0.39, 0.29) is 23.8 Å². The molecule has 2 heterocycles. The number of hydrogen-bond acceptors (Lipinski definition) is 4. The van der Waals surface area contributed by atoms with Gasteiger partial charge in [0.05, 0.1) is 5.92 Å². The normalized spacial score (nSPS) is 28.0. The molecule has 124 valence electrons. The number of nitrogens with two attached hydrogens (primary N) is 1. The molecule has 7 heteroatoms. The number of fused-ring (bicyclic) bond motifs is 2. The van der Waals surface area contributed by atoms with E-state index in [0.29, 0.717) is 23.3 Å². The summed E-state index contributed by atoms with van der Waals surface area (Å²) in [4.78, 5) is 28.7. The lowest BCUT2D eigenvalue weighted by Gasteiger charge is -2.29. The van der Waals surface area contributed by atoms with Gasteiger partial charge in [0.2, 0.25) is 5.91 Å². The number of nitrogens with one attached hydrogen (secondary N) is 1. The molecule has 2 fully saturated rings. The first kappa shape index (κ1) is 14.9. The first-order valence-corrected chi connectivity index (χ1v) is 8.21. The highest BCUT2D eigenvalue weighted by Crippen LogP contribution is 2.48. The predicted octanol–water partition coefficient (Wildman–Crippen LogP) is 0.897. The van der Waals surface area contributed by atoms with Crippen LogP contribution < -0.4 is 11.1 Å². The van der Waals surface area contributed by atoms with Crippen LogP contribution in [0.25, 0.3) is 5.82 Å². The van der Waals surface area contributed by atoms with E-state index in [1.165, 1.54) is 0 Å². The van der Waals surface area contributed by atoms with E-state index in [9.17, 15) is 9.59 Å². The van der Waals surface area contributed by atoms with Crippen LogP contribution in [0.1, 0.15) is 29.8 Å². The number of aromatic nitrogens is 3. The fourth-order valence-electron chi connectivity index (χ4n) is 4.22. The average Bonchev–Trinajstić information content (AvgIpc) is 3.31. The first-order valence-electron chi connectivity index (χ1n) is 8.21. The largest absolute Gasteiger partial charge is 0.369 e. The molecule has 0 aliphatic heterocycles. The number of carbonyl (C=O) groups is 2. The Balaban J connectivity index is 1.54. The fraction of sp³-hybridized carbons (Fsp3) is 0.412. The Bertz CT molecular complexity index is 773. The number of carbonyl (C=O) groups excluding carboxylic acids is 2. The second-order valence-electron chi connectivity index (χ2n) is 6.59. The zero-order valence-corrected chi connectivity index (χ0v) is 13.1. The SMILES string of the molecule is NC(=O)[C@@H]1[C@H]2CC[C@@H](C2)[C@H]1NC(=O)c1cccc(-n2cccn2)n1. The summed E-state index contributed by atoms with van der Waals surface area (Å²) in [5, 5.41) is 7.12. The zero-order valence-electron chi connectivity index (χ0n) is 13.1. The van der Waals surface area contributed by atoms with Gasteiger partial charge in [-0.05, 0) is 49.3 Å². The molecule has 2 bridgehead atoms. The molecule has 0 radical (unpaired) electrons. The van der Waals surface area contributed by atoms with Gasteiger partial charge in [-0.15, -0.1) is 0 Å². The Kier molecular flexibility index (Phi) is 3.55. The first-order chi connectivity index (χ1) is 11.6. The third-order valence-electron chi connectivity index (χ3n) is 5.25. The Morgan fingerprint density at radius 3 is 2.79 bits per heavy atom. The molecule has 2 aromatic heterocycles. The lowest BCUT2D eigenvalue weighted by atomic mass is 9.84. The minimum atomic E-state index is -0.314. The third-order valence-corrected chi connectivity index (χ3v) is 5.25. The lowest BCUT2D eigenvalue weighted by Crippen LogP contribution is -2.48. The molecule has 4 rings (SSSR count). The minimum Gasteiger partial charge on any atom is -0.369 e. The Morgan fingerprint density at radius 2 is 2.04 bits per heavy atom. The monoisotopic (exact) mass is 325 g/mol. The average molecular weight is 325 g/mol. The summed E-state index contributed by atoms with van der Waals surface area (Å²) in [5.74, 6) is 0.375. The van der Waals surface area contributed by atoms with Gasteiger partial charge in [0, 0.05) is 18.4 Å². The second-order valence-corrected chi connectivity index (χ2v) is 6.59. The van der Waals surface area contributed by atoms with Crippen LogP contribution in [-0.2, 0) is 4.79 Å². The highest BCUT2D eigenvalue weighted by atomic mass is 16.2. The van der Waals surface area contributed by atoms with E-state index in [1.54, 1.807) is 41.3 Å². The lowest BCUT2D eigenvalue weighted by molar-refractivity contribution is -0.124. The van der Waals surface area contributed by atoms with Crippen LogP contribution in [-0.4, -0.2) is 32.6 Å². The Morgan fingerprint density at radius 1 is 1.21 bits per heavy atom. The maximum absolute atomic E-state index is 12.6. The van der Waals surface area contributed by atoms with E-state index in [1.807, 2.05) is 0 Å². The van der Waals surface area contributed by atoms with Gasteiger partial charge < -0.3 is 11.1 Å². The van der Waals surface area contributed by atoms with Crippen molar-refractivity contribution in [3.05, 3.63) is 42.4 Å². The maximum Gasteiger partial charge on any atom is 0.270 e. The van der Waals surface area contributed by atoms with Crippen LogP contribution in [0.15, 0.2) is 36.7 Å². The molecule has 2 amide bonds. The van der Waals surface area contributed by atoms with Crippen molar-refractivity contribution in [3.63, 3.8) is 0 Å². The van der Waals surface area contributed by atoms with Crippen molar-refractivity contribution in [3.8, 4) is 5.82 Å². The van der Waals surface area contributed by atoms with E-state index in [2.05, 4.69) is 15.4 Å². The van der Waals surface area contributed by atoms with E-state index >= 15 is 0 Å². The summed E-state index contributed by atoms with van der Waals surface area (Å²) in [6, 6.07) is 6.83. The standard InChI is InChI=1S/C17H19N5O2/c18-16(23)14-10-5-6-11(9-10)15(14)21-17(24)12-3-1-4-13(20-12)22-8-2-7-19-22/h1-4,7-8,10-11,14-15H,5-6,9H2,(H2,18,23)(H,21,24)/t10-,11-,14+,15+/m0/s1. The highest BCUT2D eigenvalue weighted by Gasteiger charge is 2.50. The van der Waals surface area contributed by atoms with Crippen LogP contribution >= 0.6 is 0 Å². The minimum absolute atomic E-state index is 0.177. The molecule has 0 spiro atoms. The molecule has 2 aliphatic carbocycles. The Labute approximate surface area is 139 Å². The van der Waals surface area contributed by atoms with E-state index in [4.69, 9.17) is 5.73 Å². The van der Waals surface area contributed by atoms with Gasteiger partial charge in [0.25, 0.3) is 5.91 Å². The fourth-order valence-corrected chi connectivity index (χ4v) is 4.22. The summed E-state index contributed by atoms with van der Waals surface area (Å²) in [6.45, 7) is 0. The topological polar surface area (TPSA) is 103 Å². The molecule has 2 aromatic rings. The van der Waals surface area contributed by atoms with Crippen LogP contribution in [0.5, 0.6) is 0 Å². The van der Waals surface area contributed by atoms with Crippen molar-refractivity contribution < 1.29 is 9.59 Å². The van der Waals surface area contributed by atoms with Crippen molar-refractivity contribution in [2.75, 3.05) is 0 Å². The summed E-state index contributed by atoms with van der Waals surface area (Å²) in [6.07, 6.45) is 6.46. The third kappa shape index (κ3) is 2.46. The van der Waals surface area contributed by atoms with Crippen molar-refractivity contribution >= 4 is 11.8 Å². The number of nitrogens with zero attached hydrogens (tertiary/aromatic N) is 3. The molecule has 0 unspecified atom stereocenters. The molecule has 24 heavy (non-hydrogen) atoms. The highest BCUT2D eigenvalue weighted by molar-refractivity contribution is 5.93. The van der Waals surface area contributed by atoms with Crippen molar-refractivity contribution in [2.24, 2.45) is 23.5 Å². The van der Waals surface area contributed by atoms with Crippen molar-refractivity contribution in [1.82, 2.24) is 20.1 Å². The van der Waals surface area contributed by atoms with Crippen molar-refractivity contribution in [1.29, 1.82) is 0 Å². The van der Waals surface area contributed by atoms with Crippen LogP contribution in [0.2, 0.25) is 0 Å². The summed E-state index contributed by atoms with van der Waals surface area (Å²) >= 11 is 0. The Hall–Kier alpha value is -2.70. The van der Waals surface area contributed by atoms with Crippen LogP contribution in [0, 0.1) is 17.8 Å². The molecule has 0 saturated heterocycles. The quantitative estimate of drug-likeness (QED) is 0.871. The summed E-state index contributed by atoms with van der Waals surface area (Å²) in [7, 11) is 0. The molecular formula is C17H19N5O2. The van der Waals surface area contributed by atoms with Gasteiger partial charge >= 0.3 is 0 Å². The molecule has 3 N–H and O–H groups in total. The van der Waals surface area contributed by atoms with Gasteiger partial charge in [-0.25, -0.2) is 9.67 Å². The van der Waals surface area contributed by atoms with Crippen LogP contribution in [0.3, 0.4) is 0 Å². The maximum atomic E-state index is 12.6. The molecule has 0 aromatic carbocycles. The predicted molar refractivity (Wildman–Crippen MR) is 86.1 cm³/mol. The number of pyridine rings is 1. The summed E-state index contributed by atoms with van der Waals surface area (Å²) in [5.41, 5.74) is 5.87. The molecule has 2 saturated carbocycles. The zero-order chi connectivity index (χ0) is 16.7. The van der Waals surface area contributed by atoms with Gasteiger partial charge in [-0.3, -0.25) is 9.59 Å². The van der Waals surface area contributed by atoms with Gasteiger partial charge in [0.15, 0.2) is 5.82 Å². The van der Waals surface area contributed by atoms with Gasteiger partial charge in [0.1, 0.15) is 5.69 Å². The second kappa shape index (κ2) is 5.74. The summed E-state index contributed by atoms with van der Waals surface area (Å²) < 4.78 is 1.60. The van der Waals surface area contributed by atoms with E-state index < -0.39 is 0 Å². The van der Waals surface area contributed by atoms with Gasteiger partial charge in [-0.2, -0.15) is 5.10 Å². The number of hydrogen-bond donors (Lipinski definition) is 2. The molecule has 7 nitrogen and oxygen atoms in total. The molecular weight excluding hydrogens is 306 g/mol. The number of amides is 2. The van der Waals surface area contributed by atoms with E-state index in [0.717, 1.165) is 19.3 Å². The van der Waals surface area contributed by atoms with Gasteiger partial charge in [-0.1, -0.05) is 6.07 Å². The smallest absolute Gasteiger partial charge is 0.270 e. The van der Waals surface area contributed by atoms with Crippen molar-refractivity contribution in [2.45, 2.75) is 25.3 Å². The van der Waals surface area contributed by atoms with Crippen LogP contribution in [0.4, 0.5) is 0 Å².